The smallest absolute Gasteiger partial charge is 0.264 e. The number of rotatable bonds is 8. The first-order valence-corrected chi connectivity index (χ1v) is 26.7. The van der Waals surface area contributed by atoms with E-state index in [1.54, 1.807) is 37.1 Å². The Morgan fingerprint density at radius 3 is 2.08 bits per heavy atom. The molecule has 0 atom stereocenters. The molecule has 71 heavy (non-hydrogen) atoms. The molecule has 1 saturated carbocycles. The number of halogens is 3. The number of hydrogen-bond acceptors (Lipinski definition) is 9. The Morgan fingerprint density at radius 1 is 0.803 bits per heavy atom. The molecule has 15 heteroatoms. The van der Waals surface area contributed by atoms with E-state index >= 15 is 0 Å². The first kappa shape index (κ1) is 46.4. The van der Waals surface area contributed by atoms with Gasteiger partial charge in [-0.15, -0.1) is 0 Å². The number of amides is 1. The minimum Gasteiger partial charge on any atom is -0.371 e. The molecule has 372 valence electrons. The minimum absolute atomic E-state index is 0.0115. The lowest BCUT2D eigenvalue weighted by Crippen LogP contribution is -2.56. The van der Waals surface area contributed by atoms with Crippen molar-refractivity contribution < 1.29 is 13.6 Å². The normalized spacial score (nSPS) is 21.5. The predicted octanol–water partition coefficient (Wildman–Crippen LogP) is 10.3. The average molecular weight is 983 g/mol. The van der Waals surface area contributed by atoms with Crippen molar-refractivity contribution in [3.63, 3.8) is 0 Å². The largest absolute Gasteiger partial charge is 0.371 e. The third-order valence-electron chi connectivity index (χ3n) is 18.2. The number of carbonyl (C=O) groups is 1. The molecule has 12 nitrogen and oxygen atoms in total. The number of anilines is 5. The van der Waals surface area contributed by atoms with Crippen molar-refractivity contribution in [1.82, 2.24) is 29.4 Å². The molecule has 2 aromatic heterocycles. The molecule has 12 rings (SSSR count). The molecule has 4 saturated heterocycles. The van der Waals surface area contributed by atoms with Crippen LogP contribution >= 0.6 is 11.6 Å². The van der Waals surface area contributed by atoms with Gasteiger partial charge < -0.3 is 29.4 Å². The number of piperidine rings is 3. The molecule has 0 radical (unpaired) electrons. The second kappa shape index (κ2) is 18.4. The zero-order chi connectivity index (χ0) is 48.6. The van der Waals surface area contributed by atoms with Crippen molar-refractivity contribution in [1.29, 1.82) is 5.26 Å². The van der Waals surface area contributed by atoms with Gasteiger partial charge in [0.15, 0.2) is 5.82 Å². The predicted molar refractivity (Wildman–Crippen MR) is 276 cm³/mol. The van der Waals surface area contributed by atoms with Crippen LogP contribution in [0.4, 0.5) is 37.3 Å². The number of nitrogens with zero attached hydrogens (tertiary/aromatic N) is 11. The van der Waals surface area contributed by atoms with Crippen molar-refractivity contribution in [2.45, 2.75) is 109 Å². The van der Waals surface area contributed by atoms with Crippen LogP contribution in [-0.4, -0.2) is 107 Å². The maximum absolute atomic E-state index is 14.8. The fraction of sp³-hybridized carbons (Fsp3) is 0.536. The molecule has 3 aromatic carbocycles. The third-order valence-corrected chi connectivity index (χ3v) is 18.5. The zero-order valence-electron chi connectivity index (χ0n) is 41.3. The van der Waals surface area contributed by atoms with Gasteiger partial charge in [0.1, 0.15) is 6.07 Å². The number of hydrogen-bond donors (Lipinski definition) is 0. The van der Waals surface area contributed by atoms with Crippen molar-refractivity contribution in [3.05, 3.63) is 100.0 Å². The first-order chi connectivity index (χ1) is 34.4. The van der Waals surface area contributed by atoms with Crippen LogP contribution in [0.15, 0.2) is 67.0 Å². The number of likely N-dealkylation sites (tertiary alicyclic amines) is 1. The van der Waals surface area contributed by atoms with E-state index in [0.717, 1.165) is 113 Å². The maximum Gasteiger partial charge on any atom is 0.264 e. The molecular weight excluding hydrogens is 916 g/mol. The van der Waals surface area contributed by atoms with Gasteiger partial charge in [-0.2, -0.15) is 15.5 Å². The van der Waals surface area contributed by atoms with Crippen LogP contribution in [-0.2, 0) is 31.2 Å². The van der Waals surface area contributed by atoms with Crippen molar-refractivity contribution in [2.75, 3.05) is 85.0 Å². The Kier molecular flexibility index (Phi) is 12.1. The standard InChI is InChI=1S/C56H66ClF2N11O/c1-38(71)67-22-13-51-49(36-67)54(69-19-3-4-39-28-47(41-34-61-63(2)35-41)48(53(58)59)30-52(39)69)62-70(51)44-11-20-64(21-12-44)46-31-56(32-46)17-25-66(26-18-56)43-9-7-42(8-10-43)65-23-14-55(15-24-65)16-27-68(37-55)45-6-5-40(33-60)50(57)29-45/h5-10,28-30,34-35,44,46,53H,3-4,11-27,31-32,36-37H2,1-2H3. The number of aryl methyl sites for hydroxylation is 2. The Hall–Kier alpha value is -5.65. The summed E-state index contributed by atoms with van der Waals surface area (Å²) in [7, 11) is 1.81. The number of aromatic nitrogens is 4. The molecule has 8 heterocycles. The summed E-state index contributed by atoms with van der Waals surface area (Å²) in [5, 5.41) is 19.5. The van der Waals surface area contributed by atoms with Gasteiger partial charge in [-0.25, -0.2) is 8.78 Å². The fourth-order valence-electron chi connectivity index (χ4n) is 13.9. The highest BCUT2D eigenvalue weighted by molar-refractivity contribution is 6.32. The Labute approximate surface area is 421 Å². The Morgan fingerprint density at radius 2 is 1.46 bits per heavy atom. The minimum atomic E-state index is -2.64. The van der Waals surface area contributed by atoms with Crippen molar-refractivity contribution in [2.24, 2.45) is 17.9 Å². The van der Waals surface area contributed by atoms with Gasteiger partial charge in [0.05, 0.1) is 29.4 Å². The molecule has 6 aliphatic heterocycles. The van der Waals surface area contributed by atoms with E-state index in [-0.39, 0.29) is 17.5 Å². The van der Waals surface area contributed by atoms with Gasteiger partial charge in [-0.1, -0.05) is 11.6 Å². The van der Waals surface area contributed by atoms with Gasteiger partial charge in [0.2, 0.25) is 5.91 Å². The van der Waals surface area contributed by atoms with Crippen LogP contribution in [0.1, 0.15) is 112 Å². The highest BCUT2D eigenvalue weighted by Gasteiger charge is 2.49. The van der Waals surface area contributed by atoms with Crippen molar-refractivity contribution >= 4 is 46.1 Å². The summed E-state index contributed by atoms with van der Waals surface area (Å²) in [5.74, 6) is 0.877. The van der Waals surface area contributed by atoms with E-state index in [9.17, 15) is 18.8 Å². The van der Waals surface area contributed by atoms with Gasteiger partial charge in [0, 0.05) is 143 Å². The second-order valence-corrected chi connectivity index (χ2v) is 22.6. The average Bonchev–Trinajstić information content (AvgIpc) is 4.12. The molecule has 7 aliphatic rings. The molecule has 5 fully saturated rings. The number of alkyl halides is 2. The number of nitriles is 1. The quantitative estimate of drug-likeness (QED) is 0.151. The monoisotopic (exact) mass is 982 g/mol. The molecule has 0 bridgehead atoms. The van der Waals surface area contributed by atoms with E-state index in [0.29, 0.717) is 58.2 Å². The lowest BCUT2D eigenvalue weighted by molar-refractivity contribution is -0.129. The summed E-state index contributed by atoms with van der Waals surface area (Å²) in [5.41, 5.74) is 10.5. The lowest BCUT2D eigenvalue weighted by Gasteiger charge is -2.56. The SMILES string of the molecule is CC(=O)N1CCc2c(c(N3CCCc4cc(-c5cnn(C)c5)c(C(F)F)cc43)nn2C2CCN(C3CC4(CCN(c5ccc(N6CCC7(CC6)CCN(c6ccc(C#N)c(Cl)c6)C7)cc5)CC4)C3)CC2)C1. The van der Waals surface area contributed by atoms with Crippen LogP contribution in [0, 0.1) is 22.2 Å². The second-order valence-electron chi connectivity index (χ2n) is 22.2. The van der Waals surface area contributed by atoms with Gasteiger partial charge >= 0.3 is 0 Å². The topological polar surface area (TPSA) is 95.9 Å². The van der Waals surface area contributed by atoms with E-state index in [2.05, 4.69) is 64.6 Å². The number of fused-ring (bicyclic) bond motifs is 2. The van der Waals surface area contributed by atoms with Crippen LogP contribution in [0.5, 0.6) is 0 Å². The molecular formula is C56H66ClF2N11O. The van der Waals surface area contributed by atoms with E-state index < -0.39 is 6.43 Å². The summed E-state index contributed by atoms with van der Waals surface area (Å²) >= 11 is 6.39. The highest BCUT2D eigenvalue weighted by atomic mass is 35.5. The van der Waals surface area contributed by atoms with Crippen LogP contribution < -0.4 is 19.6 Å². The number of carbonyl (C=O) groups excluding carboxylic acids is 1. The molecule has 2 spiro atoms. The number of benzene rings is 3. The van der Waals surface area contributed by atoms with Gasteiger partial charge in [-0.05, 0) is 147 Å². The maximum atomic E-state index is 14.8. The highest BCUT2D eigenvalue weighted by Crippen LogP contribution is 2.53. The Bertz CT molecular complexity index is 2840. The summed E-state index contributed by atoms with van der Waals surface area (Å²) in [6, 6.07) is 22.0. The molecule has 5 aromatic rings. The summed E-state index contributed by atoms with van der Waals surface area (Å²) in [6.07, 6.45) is 14.0. The van der Waals surface area contributed by atoms with E-state index in [1.807, 2.05) is 29.2 Å². The van der Waals surface area contributed by atoms with Crippen molar-refractivity contribution in [3.8, 4) is 17.2 Å². The van der Waals surface area contributed by atoms with Gasteiger partial charge in [0.25, 0.3) is 6.43 Å². The summed E-state index contributed by atoms with van der Waals surface area (Å²) < 4.78 is 33.6. The van der Waals surface area contributed by atoms with Crippen LogP contribution in [0.3, 0.4) is 0 Å². The lowest BCUT2D eigenvalue weighted by atomic mass is 9.59. The zero-order valence-corrected chi connectivity index (χ0v) is 42.1. The first-order valence-electron chi connectivity index (χ1n) is 26.3. The summed E-state index contributed by atoms with van der Waals surface area (Å²) in [6.45, 7) is 12.1. The third kappa shape index (κ3) is 8.62. The summed E-state index contributed by atoms with van der Waals surface area (Å²) in [4.78, 5) is 27.2. The molecule has 1 aliphatic carbocycles. The molecule has 0 N–H and O–H groups in total. The fourth-order valence-corrected chi connectivity index (χ4v) is 14.1. The van der Waals surface area contributed by atoms with Crippen LogP contribution in [0.2, 0.25) is 5.02 Å². The van der Waals surface area contributed by atoms with Crippen LogP contribution in [0.25, 0.3) is 11.1 Å². The van der Waals surface area contributed by atoms with Gasteiger partial charge in [-0.3, -0.25) is 14.2 Å². The van der Waals surface area contributed by atoms with E-state index in [1.165, 1.54) is 62.0 Å². The Balaban J connectivity index is 0.651. The molecule has 1 amide bonds. The van der Waals surface area contributed by atoms with E-state index in [4.69, 9.17) is 16.7 Å². The molecule has 0 unspecified atom stereocenters.